The Morgan fingerprint density at radius 1 is 1.73 bits per heavy atom. The molecule has 0 aliphatic heterocycles. The quantitative estimate of drug-likeness (QED) is 0.678. The van der Waals surface area contributed by atoms with E-state index < -0.39 is 11.1 Å². The van der Waals surface area contributed by atoms with Gasteiger partial charge < -0.3 is 4.55 Å². The van der Waals surface area contributed by atoms with E-state index in [1.54, 1.807) is 18.3 Å². The van der Waals surface area contributed by atoms with Crippen LogP contribution in [-0.2, 0) is 16.8 Å². The zero-order chi connectivity index (χ0) is 8.27. The van der Waals surface area contributed by atoms with Gasteiger partial charge in [0.2, 0.25) is 0 Å². The summed E-state index contributed by atoms with van der Waals surface area (Å²) in [4.78, 5) is 3.99. The highest BCUT2D eigenvalue weighted by Crippen LogP contribution is 2.05. The number of nitrogens with zero attached hydrogens (tertiary/aromatic N) is 1. The van der Waals surface area contributed by atoms with Crippen molar-refractivity contribution >= 4 is 11.1 Å². The SMILES string of the molecule is Cc1ncccc1CS(=O)O. The van der Waals surface area contributed by atoms with Crippen LogP contribution < -0.4 is 0 Å². The first kappa shape index (κ1) is 8.36. The van der Waals surface area contributed by atoms with Gasteiger partial charge in [-0.1, -0.05) is 6.07 Å². The summed E-state index contributed by atoms with van der Waals surface area (Å²) in [5, 5.41) is 0. The molecule has 1 rings (SSSR count). The number of pyridine rings is 1. The largest absolute Gasteiger partial charge is 0.306 e. The molecule has 1 heterocycles. The Balaban J connectivity index is 2.86. The molecule has 1 N–H and O–H groups in total. The lowest BCUT2D eigenvalue weighted by Gasteiger charge is -1.99. The molecule has 1 atom stereocenters. The monoisotopic (exact) mass is 171 g/mol. The van der Waals surface area contributed by atoms with Crippen molar-refractivity contribution in [1.82, 2.24) is 4.98 Å². The van der Waals surface area contributed by atoms with Gasteiger partial charge in [0.25, 0.3) is 0 Å². The minimum atomic E-state index is -1.77. The van der Waals surface area contributed by atoms with E-state index in [1.807, 2.05) is 6.92 Å². The summed E-state index contributed by atoms with van der Waals surface area (Å²) in [7, 11) is 0. The Labute approximate surface area is 67.8 Å². The molecule has 0 saturated carbocycles. The van der Waals surface area contributed by atoms with Gasteiger partial charge in [-0.2, -0.15) is 0 Å². The summed E-state index contributed by atoms with van der Waals surface area (Å²) in [5.74, 6) is 0.166. The van der Waals surface area contributed by atoms with E-state index in [1.165, 1.54) is 0 Å². The Morgan fingerprint density at radius 2 is 2.45 bits per heavy atom. The minimum absolute atomic E-state index is 0.166. The lowest BCUT2D eigenvalue weighted by atomic mass is 10.2. The smallest absolute Gasteiger partial charge is 0.157 e. The van der Waals surface area contributed by atoms with Crippen molar-refractivity contribution in [1.29, 1.82) is 0 Å². The lowest BCUT2D eigenvalue weighted by Crippen LogP contribution is -1.96. The molecule has 0 saturated heterocycles. The van der Waals surface area contributed by atoms with Crippen LogP contribution in [0.5, 0.6) is 0 Å². The van der Waals surface area contributed by atoms with Gasteiger partial charge in [-0.15, -0.1) is 0 Å². The van der Waals surface area contributed by atoms with Crippen molar-refractivity contribution in [3.63, 3.8) is 0 Å². The second kappa shape index (κ2) is 3.59. The van der Waals surface area contributed by atoms with E-state index >= 15 is 0 Å². The molecular formula is C7H9NO2S. The molecule has 0 radical (unpaired) electrons. The van der Waals surface area contributed by atoms with Crippen LogP contribution >= 0.6 is 0 Å². The molecule has 3 nitrogen and oxygen atoms in total. The van der Waals surface area contributed by atoms with E-state index in [2.05, 4.69) is 4.98 Å². The van der Waals surface area contributed by atoms with Crippen LogP contribution in [0.15, 0.2) is 18.3 Å². The third kappa shape index (κ3) is 2.40. The van der Waals surface area contributed by atoms with Gasteiger partial charge in [-0.05, 0) is 18.6 Å². The van der Waals surface area contributed by atoms with E-state index in [4.69, 9.17) is 4.55 Å². The second-order valence-electron chi connectivity index (χ2n) is 2.21. The molecule has 0 spiro atoms. The molecule has 0 aliphatic rings. The molecular weight excluding hydrogens is 162 g/mol. The molecule has 1 unspecified atom stereocenters. The molecule has 60 valence electrons. The van der Waals surface area contributed by atoms with Gasteiger partial charge in [-0.3, -0.25) is 4.98 Å². The summed E-state index contributed by atoms with van der Waals surface area (Å²) < 4.78 is 19.0. The molecule has 0 aromatic carbocycles. The number of hydrogen-bond donors (Lipinski definition) is 1. The normalized spacial score (nSPS) is 12.9. The van der Waals surface area contributed by atoms with E-state index in [-0.39, 0.29) is 5.75 Å². The second-order valence-corrected chi connectivity index (χ2v) is 3.15. The zero-order valence-electron chi connectivity index (χ0n) is 6.15. The average Bonchev–Trinajstić information content (AvgIpc) is 1.93. The first-order chi connectivity index (χ1) is 5.20. The van der Waals surface area contributed by atoms with Crippen LogP contribution in [0.3, 0.4) is 0 Å². The lowest BCUT2D eigenvalue weighted by molar-refractivity contribution is 0.563. The fraction of sp³-hybridized carbons (Fsp3) is 0.286. The third-order valence-electron chi connectivity index (χ3n) is 1.40. The number of rotatable bonds is 2. The predicted molar refractivity (Wildman–Crippen MR) is 43.4 cm³/mol. The summed E-state index contributed by atoms with van der Waals surface area (Å²) in [6.07, 6.45) is 1.67. The maximum Gasteiger partial charge on any atom is 0.157 e. The average molecular weight is 171 g/mol. The van der Waals surface area contributed by atoms with Crippen LogP contribution in [0.4, 0.5) is 0 Å². The summed E-state index contributed by atoms with van der Waals surface area (Å²) in [6, 6.07) is 3.56. The summed E-state index contributed by atoms with van der Waals surface area (Å²) >= 11 is -1.77. The van der Waals surface area contributed by atoms with E-state index in [0.29, 0.717) is 0 Å². The Morgan fingerprint density at radius 3 is 3.00 bits per heavy atom. The van der Waals surface area contributed by atoms with E-state index in [9.17, 15) is 4.21 Å². The Hall–Kier alpha value is -0.740. The van der Waals surface area contributed by atoms with Crippen molar-refractivity contribution in [2.24, 2.45) is 0 Å². The minimum Gasteiger partial charge on any atom is -0.306 e. The molecule has 1 aromatic rings. The number of aromatic nitrogens is 1. The highest BCUT2D eigenvalue weighted by molar-refractivity contribution is 7.78. The predicted octanol–water partition coefficient (Wildman–Crippen LogP) is 1.11. The zero-order valence-corrected chi connectivity index (χ0v) is 6.97. The molecule has 0 fully saturated rings. The molecule has 1 aromatic heterocycles. The van der Waals surface area contributed by atoms with Gasteiger partial charge in [0.15, 0.2) is 11.1 Å². The first-order valence-corrected chi connectivity index (χ1v) is 4.45. The molecule has 0 amide bonds. The van der Waals surface area contributed by atoms with Gasteiger partial charge >= 0.3 is 0 Å². The van der Waals surface area contributed by atoms with Crippen molar-refractivity contribution in [3.8, 4) is 0 Å². The third-order valence-corrected chi connectivity index (χ3v) is 1.95. The summed E-state index contributed by atoms with van der Waals surface area (Å²) in [6.45, 7) is 1.82. The fourth-order valence-corrected chi connectivity index (χ4v) is 1.37. The fourth-order valence-electron chi connectivity index (χ4n) is 0.803. The van der Waals surface area contributed by atoms with Crippen LogP contribution in [0.25, 0.3) is 0 Å². The van der Waals surface area contributed by atoms with Crippen LogP contribution in [0.2, 0.25) is 0 Å². The van der Waals surface area contributed by atoms with Crippen molar-refractivity contribution in [3.05, 3.63) is 29.6 Å². The maximum atomic E-state index is 10.4. The topological polar surface area (TPSA) is 50.2 Å². The maximum absolute atomic E-state index is 10.4. The van der Waals surface area contributed by atoms with Gasteiger partial charge in [-0.25, -0.2) is 4.21 Å². The highest BCUT2D eigenvalue weighted by Gasteiger charge is 2.00. The van der Waals surface area contributed by atoms with Crippen LogP contribution in [0.1, 0.15) is 11.3 Å². The Kier molecular flexibility index (Phi) is 2.73. The van der Waals surface area contributed by atoms with Crippen LogP contribution in [-0.4, -0.2) is 13.7 Å². The molecule has 0 aliphatic carbocycles. The first-order valence-electron chi connectivity index (χ1n) is 3.18. The Bertz CT molecular complexity index is 275. The van der Waals surface area contributed by atoms with Gasteiger partial charge in [0, 0.05) is 11.9 Å². The van der Waals surface area contributed by atoms with Gasteiger partial charge in [0.05, 0.1) is 5.75 Å². The van der Waals surface area contributed by atoms with Crippen molar-refractivity contribution in [2.45, 2.75) is 12.7 Å². The van der Waals surface area contributed by atoms with Crippen LogP contribution in [0, 0.1) is 6.92 Å². The summed E-state index contributed by atoms with van der Waals surface area (Å²) in [5.41, 5.74) is 1.64. The van der Waals surface area contributed by atoms with Gasteiger partial charge in [0.1, 0.15) is 0 Å². The number of hydrogen-bond acceptors (Lipinski definition) is 2. The molecule has 11 heavy (non-hydrogen) atoms. The van der Waals surface area contributed by atoms with E-state index in [0.717, 1.165) is 11.3 Å². The highest BCUT2D eigenvalue weighted by atomic mass is 32.2. The molecule has 0 bridgehead atoms. The van der Waals surface area contributed by atoms with Crippen molar-refractivity contribution in [2.75, 3.05) is 0 Å². The molecule has 4 heteroatoms. The van der Waals surface area contributed by atoms with Crippen molar-refractivity contribution < 1.29 is 8.76 Å². The number of aryl methyl sites for hydroxylation is 1. The standard InChI is InChI=1S/C7H9NO2S/c1-6-7(5-11(9)10)3-2-4-8-6/h2-4H,5H2,1H3,(H,9,10).